The Morgan fingerprint density at radius 2 is 2.12 bits per heavy atom. The first-order chi connectivity index (χ1) is 7.58. The van der Waals surface area contributed by atoms with E-state index in [1.54, 1.807) is 6.07 Å². The third-order valence-corrected chi connectivity index (χ3v) is 2.33. The van der Waals surface area contributed by atoms with Crippen LogP contribution in [-0.2, 0) is 17.8 Å². The third-order valence-electron chi connectivity index (χ3n) is 2.33. The van der Waals surface area contributed by atoms with E-state index in [0.29, 0.717) is 10.9 Å². The molecule has 0 spiro atoms. The van der Waals surface area contributed by atoms with E-state index in [-0.39, 0.29) is 0 Å². The fraction of sp³-hybridized carbons (Fsp3) is 0.400. The maximum Gasteiger partial charge on any atom is 0.318 e. The van der Waals surface area contributed by atoms with Crippen LogP contribution in [0.1, 0.15) is 25.0 Å². The van der Waals surface area contributed by atoms with Crippen molar-refractivity contribution in [1.29, 1.82) is 0 Å². The van der Waals surface area contributed by atoms with Gasteiger partial charge in [0.25, 0.3) is 0 Å². The van der Waals surface area contributed by atoms with Crippen LogP contribution >= 0.6 is 0 Å². The van der Waals surface area contributed by atoms with Crippen LogP contribution in [0.4, 0.5) is 5.69 Å². The molecule has 0 saturated heterocycles. The van der Waals surface area contributed by atoms with Gasteiger partial charge >= 0.3 is 5.09 Å². The van der Waals surface area contributed by atoms with Crippen molar-refractivity contribution < 1.29 is 10.0 Å². The molecule has 0 atom stereocenters. The summed E-state index contributed by atoms with van der Waals surface area (Å²) in [6.07, 6.45) is 1.57. The van der Waals surface area contributed by atoms with Gasteiger partial charge in [0.15, 0.2) is 0 Å². The molecule has 0 aliphatic heterocycles. The molecule has 6 heteroatoms. The SMILES string of the molecule is CCc1ccc(CC)c(N(N)O[N+](=O)[O-])c1. The fourth-order valence-corrected chi connectivity index (χ4v) is 1.45. The highest BCUT2D eigenvalue weighted by Crippen LogP contribution is 2.21. The Balaban J connectivity index is 3.02. The molecule has 1 aromatic rings. The second kappa shape index (κ2) is 5.32. The van der Waals surface area contributed by atoms with Gasteiger partial charge in [0.1, 0.15) is 0 Å². The van der Waals surface area contributed by atoms with Gasteiger partial charge in [-0.1, -0.05) is 26.0 Å². The van der Waals surface area contributed by atoms with E-state index >= 15 is 0 Å². The summed E-state index contributed by atoms with van der Waals surface area (Å²) in [5.41, 5.74) is 2.48. The Bertz CT molecular complexity index is 382. The van der Waals surface area contributed by atoms with Crippen LogP contribution in [0.25, 0.3) is 0 Å². The van der Waals surface area contributed by atoms with Crippen molar-refractivity contribution in [2.24, 2.45) is 5.84 Å². The van der Waals surface area contributed by atoms with Crippen LogP contribution in [0.15, 0.2) is 18.2 Å². The summed E-state index contributed by atoms with van der Waals surface area (Å²) in [5.74, 6) is 5.47. The largest absolute Gasteiger partial charge is 0.318 e. The average Bonchev–Trinajstić information content (AvgIpc) is 2.27. The Morgan fingerprint density at radius 1 is 1.44 bits per heavy atom. The molecule has 88 valence electrons. The summed E-state index contributed by atoms with van der Waals surface area (Å²) in [7, 11) is 0. The summed E-state index contributed by atoms with van der Waals surface area (Å²) in [6, 6.07) is 5.67. The van der Waals surface area contributed by atoms with Gasteiger partial charge in [0.05, 0.1) is 5.69 Å². The molecule has 0 aliphatic rings. The maximum atomic E-state index is 10.2. The topological polar surface area (TPSA) is 81.6 Å². The number of hydrogen-bond acceptors (Lipinski definition) is 5. The zero-order valence-electron chi connectivity index (χ0n) is 9.34. The zero-order chi connectivity index (χ0) is 12.1. The van der Waals surface area contributed by atoms with Gasteiger partial charge in [-0.05, 0) is 30.0 Å². The Kier molecular flexibility index (Phi) is 4.07. The van der Waals surface area contributed by atoms with E-state index < -0.39 is 5.09 Å². The van der Waals surface area contributed by atoms with Gasteiger partial charge in [-0.2, -0.15) is 4.94 Å². The van der Waals surface area contributed by atoms with Crippen molar-refractivity contribution >= 4 is 5.69 Å². The quantitative estimate of drug-likeness (QED) is 0.467. The van der Waals surface area contributed by atoms with Gasteiger partial charge in [-0.3, -0.25) is 0 Å². The fourth-order valence-electron chi connectivity index (χ4n) is 1.45. The van der Waals surface area contributed by atoms with Crippen LogP contribution in [0.3, 0.4) is 0 Å². The number of anilines is 1. The van der Waals surface area contributed by atoms with Crippen molar-refractivity contribution in [1.82, 2.24) is 0 Å². The smallest absolute Gasteiger partial charge is 0.223 e. The molecule has 1 aromatic carbocycles. The van der Waals surface area contributed by atoms with Crippen molar-refractivity contribution in [3.63, 3.8) is 0 Å². The number of benzene rings is 1. The van der Waals surface area contributed by atoms with Crippen LogP contribution in [-0.4, -0.2) is 5.09 Å². The van der Waals surface area contributed by atoms with Gasteiger partial charge in [-0.15, -0.1) is 15.3 Å². The highest BCUT2D eigenvalue weighted by molar-refractivity contribution is 5.52. The number of nitrogens with zero attached hydrogens (tertiary/aromatic N) is 2. The number of rotatable bonds is 5. The number of nitrogens with two attached hydrogens (primary N) is 1. The molecule has 16 heavy (non-hydrogen) atoms. The molecule has 6 nitrogen and oxygen atoms in total. The lowest BCUT2D eigenvalue weighted by Gasteiger charge is -2.18. The second-order valence-corrected chi connectivity index (χ2v) is 3.30. The number of hydrazine groups is 1. The Labute approximate surface area is 93.6 Å². The van der Waals surface area contributed by atoms with Crippen LogP contribution in [0.5, 0.6) is 0 Å². The summed E-state index contributed by atoms with van der Waals surface area (Å²) in [6.45, 7) is 3.95. The van der Waals surface area contributed by atoms with E-state index in [9.17, 15) is 10.1 Å². The summed E-state index contributed by atoms with van der Waals surface area (Å²) >= 11 is 0. The molecule has 0 aromatic heterocycles. The minimum absolute atomic E-state index is 0.526. The second-order valence-electron chi connectivity index (χ2n) is 3.30. The van der Waals surface area contributed by atoms with Gasteiger partial charge in [0, 0.05) is 0 Å². The minimum Gasteiger partial charge on any atom is -0.223 e. The lowest BCUT2D eigenvalue weighted by molar-refractivity contribution is -0.762. The number of hydrogen-bond donors (Lipinski definition) is 1. The first kappa shape index (κ1) is 12.3. The van der Waals surface area contributed by atoms with Crippen LogP contribution < -0.4 is 11.0 Å². The molecule has 0 bridgehead atoms. The summed E-state index contributed by atoms with van der Waals surface area (Å²) in [4.78, 5) is 14.4. The highest BCUT2D eigenvalue weighted by Gasteiger charge is 2.11. The average molecular weight is 225 g/mol. The number of aryl methyl sites for hydroxylation is 2. The minimum atomic E-state index is -0.932. The third kappa shape index (κ3) is 2.83. The standard InChI is InChI=1S/C10H15N3O3/c1-3-8-5-6-9(4-2)10(7-8)12(11)16-13(14)15/h5-7H,3-4,11H2,1-2H3. The van der Waals surface area contributed by atoms with E-state index in [2.05, 4.69) is 4.94 Å². The van der Waals surface area contributed by atoms with E-state index in [4.69, 9.17) is 5.84 Å². The van der Waals surface area contributed by atoms with E-state index in [1.807, 2.05) is 26.0 Å². The first-order valence-electron chi connectivity index (χ1n) is 5.07. The monoisotopic (exact) mass is 225 g/mol. The van der Waals surface area contributed by atoms with Gasteiger partial charge < -0.3 is 0 Å². The molecule has 2 N–H and O–H groups in total. The van der Waals surface area contributed by atoms with Crippen molar-refractivity contribution in [2.45, 2.75) is 26.7 Å². The molecule has 1 rings (SSSR count). The molecular weight excluding hydrogens is 210 g/mol. The molecule has 0 saturated carbocycles. The molecule has 0 radical (unpaired) electrons. The van der Waals surface area contributed by atoms with Crippen LogP contribution in [0, 0.1) is 10.1 Å². The molecule has 0 unspecified atom stereocenters. The Morgan fingerprint density at radius 3 is 2.62 bits per heavy atom. The first-order valence-corrected chi connectivity index (χ1v) is 5.07. The predicted octanol–water partition coefficient (Wildman–Crippen LogP) is 1.61. The lowest BCUT2D eigenvalue weighted by Crippen LogP contribution is -2.34. The maximum absolute atomic E-state index is 10.2. The van der Waals surface area contributed by atoms with Crippen molar-refractivity contribution in [3.05, 3.63) is 39.4 Å². The normalized spacial score (nSPS) is 9.94. The van der Waals surface area contributed by atoms with Gasteiger partial charge in [-0.25, -0.2) is 5.84 Å². The predicted molar refractivity (Wildman–Crippen MR) is 59.9 cm³/mol. The molecule has 0 fully saturated rings. The molecular formula is C10H15N3O3. The van der Waals surface area contributed by atoms with Crippen molar-refractivity contribution in [2.75, 3.05) is 5.17 Å². The van der Waals surface area contributed by atoms with Crippen LogP contribution in [0.2, 0.25) is 0 Å². The summed E-state index contributed by atoms with van der Waals surface area (Å²) in [5, 5.41) is 9.96. The molecule has 0 heterocycles. The Hall–Kier alpha value is -1.82. The zero-order valence-corrected chi connectivity index (χ0v) is 9.34. The highest BCUT2D eigenvalue weighted by atomic mass is 17.0. The lowest BCUT2D eigenvalue weighted by atomic mass is 10.1. The van der Waals surface area contributed by atoms with E-state index in [0.717, 1.165) is 24.0 Å². The molecule has 0 aliphatic carbocycles. The van der Waals surface area contributed by atoms with E-state index in [1.165, 1.54) is 0 Å². The summed E-state index contributed by atoms with van der Waals surface area (Å²) < 4.78 is 0. The van der Waals surface area contributed by atoms with Gasteiger partial charge in [0.2, 0.25) is 0 Å². The molecule has 0 amide bonds. The van der Waals surface area contributed by atoms with Crippen molar-refractivity contribution in [3.8, 4) is 0 Å².